The summed E-state index contributed by atoms with van der Waals surface area (Å²) in [4.78, 5) is 0. The molecule has 1 saturated heterocycles. The summed E-state index contributed by atoms with van der Waals surface area (Å²) in [6.07, 6.45) is 0. The van der Waals surface area contributed by atoms with E-state index in [4.69, 9.17) is 14.0 Å². The number of halogens is 1. The average Bonchev–Trinajstić information content (AvgIpc) is 2.74. The highest BCUT2D eigenvalue weighted by Crippen LogP contribution is 2.37. The molecular weight excluding hydrogens is 306 g/mol. The molecule has 24 heavy (non-hydrogen) atoms. The Hall–Kier alpha value is -1.85. The van der Waals surface area contributed by atoms with Crippen molar-refractivity contribution in [1.82, 2.24) is 0 Å². The molecule has 5 heteroatoms. The van der Waals surface area contributed by atoms with Crippen molar-refractivity contribution in [3.05, 3.63) is 59.9 Å². The smallest absolute Gasteiger partial charge is 0.489 e. The molecule has 0 saturated carbocycles. The second-order valence-electron chi connectivity index (χ2n) is 7.04. The molecule has 1 fully saturated rings. The summed E-state index contributed by atoms with van der Waals surface area (Å²) in [6, 6.07) is 14.2. The first-order valence-corrected chi connectivity index (χ1v) is 8.10. The van der Waals surface area contributed by atoms with Gasteiger partial charge in [0.25, 0.3) is 0 Å². The van der Waals surface area contributed by atoms with Gasteiger partial charge in [0, 0.05) is 11.5 Å². The fraction of sp³-hybridized carbons (Fsp3) is 0.368. The summed E-state index contributed by atoms with van der Waals surface area (Å²) in [5.74, 6) is 0.0932. The standard InChI is InChI=1S/C19H22BFO3/c1-18(2)19(3,4)24-20(23-18)16-11-10-15(21)12-17(16)22-13-14-8-6-5-7-9-14/h5-12H,13H2,1-4H3. The molecule has 0 aromatic heterocycles. The maximum absolute atomic E-state index is 13.7. The lowest BCUT2D eigenvalue weighted by Gasteiger charge is -2.32. The summed E-state index contributed by atoms with van der Waals surface area (Å²) < 4.78 is 31.7. The normalized spacial score (nSPS) is 18.6. The Labute approximate surface area is 142 Å². The molecule has 0 N–H and O–H groups in total. The molecule has 1 aliphatic heterocycles. The molecular formula is C19H22BFO3. The molecule has 0 bridgehead atoms. The van der Waals surface area contributed by atoms with Gasteiger partial charge in [0.2, 0.25) is 0 Å². The van der Waals surface area contributed by atoms with Crippen molar-refractivity contribution in [3.63, 3.8) is 0 Å². The number of hydrogen-bond donors (Lipinski definition) is 0. The molecule has 1 aliphatic rings. The minimum atomic E-state index is -0.582. The van der Waals surface area contributed by atoms with E-state index in [-0.39, 0.29) is 5.82 Å². The first-order valence-electron chi connectivity index (χ1n) is 8.10. The maximum Gasteiger partial charge on any atom is 0.498 e. The SMILES string of the molecule is CC1(C)OB(c2ccc(F)cc2OCc2ccccc2)OC1(C)C. The lowest BCUT2D eigenvalue weighted by molar-refractivity contribution is 0.00578. The lowest BCUT2D eigenvalue weighted by atomic mass is 9.78. The molecule has 0 amide bonds. The zero-order chi connectivity index (χ0) is 17.4. The van der Waals surface area contributed by atoms with E-state index in [0.29, 0.717) is 17.8 Å². The van der Waals surface area contributed by atoms with Gasteiger partial charge in [-0.05, 0) is 39.3 Å². The van der Waals surface area contributed by atoms with Gasteiger partial charge in [-0.15, -0.1) is 0 Å². The number of rotatable bonds is 4. The highest BCUT2D eigenvalue weighted by Gasteiger charge is 2.52. The maximum atomic E-state index is 13.7. The van der Waals surface area contributed by atoms with Gasteiger partial charge in [-0.2, -0.15) is 0 Å². The number of ether oxygens (including phenoxy) is 1. The Morgan fingerprint density at radius 2 is 1.58 bits per heavy atom. The van der Waals surface area contributed by atoms with Gasteiger partial charge < -0.3 is 14.0 Å². The largest absolute Gasteiger partial charge is 0.498 e. The first kappa shape index (κ1) is 17.0. The zero-order valence-electron chi connectivity index (χ0n) is 14.5. The molecule has 0 unspecified atom stereocenters. The van der Waals surface area contributed by atoms with E-state index in [9.17, 15) is 4.39 Å². The average molecular weight is 328 g/mol. The van der Waals surface area contributed by atoms with Crippen molar-refractivity contribution >= 4 is 12.6 Å². The van der Waals surface area contributed by atoms with Crippen LogP contribution in [-0.4, -0.2) is 18.3 Å². The Morgan fingerprint density at radius 3 is 2.21 bits per heavy atom. The molecule has 3 nitrogen and oxygen atoms in total. The lowest BCUT2D eigenvalue weighted by Crippen LogP contribution is -2.41. The van der Waals surface area contributed by atoms with Crippen molar-refractivity contribution in [1.29, 1.82) is 0 Å². The molecule has 0 radical (unpaired) electrons. The molecule has 126 valence electrons. The fourth-order valence-corrected chi connectivity index (χ4v) is 2.53. The monoisotopic (exact) mass is 328 g/mol. The highest BCUT2D eigenvalue weighted by atomic mass is 19.1. The van der Waals surface area contributed by atoms with Crippen molar-refractivity contribution in [2.45, 2.75) is 45.5 Å². The van der Waals surface area contributed by atoms with E-state index < -0.39 is 18.3 Å². The van der Waals surface area contributed by atoms with E-state index in [0.717, 1.165) is 5.56 Å². The third kappa shape index (κ3) is 3.33. The van der Waals surface area contributed by atoms with Gasteiger partial charge in [-0.25, -0.2) is 4.39 Å². The van der Waals surface area contributed by atoms with Crippen LogP contribution >= 0.6 is 0 Å². The van der Waals surface area contributed by atoms with Gasteiger partial charge in [0.1, 0.15) is 18.2 Å². The Kier molecular flexibility index (Phi) is 4.41. The zero-order valence-corrected chi connectivity index (χ0v) is 14.5. The molecule has 2 aromatic carbocycles. The van der Waals surface area contributed by atoms with E-state index >= 15 is 0 Å². The van der Waals surface area contributed by atoms with Gasteiger partial charge in [-0.1, -0.05) is 36.4 Å². The van der Waals surface area contributed by atoms with Gasteiger partial charge in [0.15, 0.2) is 0 Å². The van der Waals surface area contributed by atoms with Crippen LogP contribution < -0.4 is 10.2 Å². The van der Waals surface area contributed by atoms with Crippen LogP contribution in [-0.2, 0) is 15.9 Å². The Balaban J connectivity index is 1.84. The second-order valence-corrected chi connectivity index (χ2v) is 7.04. The van der Waals surface area contributed by atoms with Crippen molar-refractivity contribution in [2.75, 3.05) is 0 Å². The van der Waals surface area contributed by atoms with Crippen LogP contribution in [0.25, 0.3) is 0 Å². The van der Waals surface area contributed by atoms with Crippen LogP contribution in [0.15, 0.2) is 48.5 Å². The van der Waals surface area contributed by atoms with Gasteiger partial charge >= 0.3 is 7.12 Å². The first-order chi connectivity index (χ1) is 11.3. The second kappa shape index (κ2) is 6.23. The summed E-state index contributed by atoms with van der Waals surface area (Å²) >= 11 is 0. The number of hydrogen-bond acceptors (Lipinski definition) is 3. The van der Waals surface area contributed by atoms with Crippen LogP contribution in [0.2, 0.25) is 0 Å². The summed E-state index contributed by atoms with van der Waals surface area (Å²) in [6.45, 7) is 8.31. The molecule has 2 aromatic rings. The van der Waals surface area contributed by atoms with E-state index in [1.165, 1.54) is 12.1 Å². The Bertz CT molecular complexity index is 700. The number of benzene rings is 2. The third-order valence-electron chi connectivity index (χ3n) is 4.72. The summed E-state index contributed by atoms with van der Waals surface area (Å²) in [5.41, 5.74) is 0.804. The fourth-order valence-electron chi connectivity index (χ4n) is 2.53. The molecule has 0 spiro atoms. The highest BCUT2D eigenvalue weighted by molar-refractivity contribution is 6.63. The summed E-state index contributed by atoms with van der Waals surface area (Å²) in [5, 5.41) is 0. The van der Waals surface area contributed by atoms with E-state index in [2.05, 4.69) is 0 Å². The minimum Gasteiger partial charge on any atom is -0.489 e. The van der Waals surface area contributed by atoms with Crippen molar-refractivity contribution < 1.29 is 18.4 Å². The van der Waals surface area contributed by atoms with Crippen LogP contribution in [0.5, 0.6) is 5.75 Å². The van der Waals surface area contributed by atoms with E-state index in [1.54, 1.807) is 6.07 Å². The van der Waals surface area contributed by atoms with Crippen molar-refractivity contribution in [3.8, 4) is 5.75 Å². The van der Waals surface area contributed by atoms with Crippen LogP contribution in [0.1, 0.15) is 33.3 Å². The molecule has 1 heterocycles. The quantitative estimate of drug-likeness (QED) is 0.801. The predicted octanol–water partition coefficient (Wildman–Crippen LogP) is 3.70. The van der Waals surface area contributed by atoms with Crippen LogP contribution in [0.4, 0.5) is 4.39 Å². The van der Waals surface area contributed by atoms with Crippen molar-refractivity contribution in [2.24, 2.45) is 0 Å². The summed E-state index contributed by atoms with van der Waals surface area (Å²) in [7, 11) is -0.582. The predicted molar refractivity (Wildman–Crippen MR) is 92.9 cm³/mol. The molecule has 3 rings (SSSR count). The topological polar surface area (TPSA) is 27.7 Å². The van der Waals surface area contributed by atoms with Crippen LogP contribution in [0.3, 0.4) is 0 Å². The molecule has 0 atom stereocenters. The molecule has 0 aliphatic carbocycles. The minimum absolute atomic E-state index is 0.349. The van der Waals surface area contributed by atoms with Crippen LogP contribution in [0, 0.1) is 5.82 Å². The van der Waals surface area contributed by atoms with E-state index in [1.807, 2.05) is 58.0 Å². The van der Waals surface area contributed by atoms with Gasteiger partial charge in [-0.3, -0.25) is 0 Å². The van der Waals surface area contributed by atoms with Gasteiger partial charge in [0.05, 0.1) is 11.2 Å². The third-order valence-corrected chi connectivity index (χ3v) is 4.72. The Morgan fingerprint density at radius 1 is 0.958 bits per heavy atom.